The molecule has 242 valence electrons. The average Bonchev–Trinajstić information content (AvgIpc) is 3.83. The van der Waals surface area contributed by atoms with E-state index < -0.39 is 10.0 Å². The maximum absolute atomic E-state index is 14.2. The molecule has 0 aliphatic heterocycles. The Balaban J connectivity index is 1.26. The number of hydrogen-bond donors (Lipinski definition) is 0. The lowest BCUT2D eigenvalue weighted by molar-refractivity contribution is 0.589. The monoisotopic (exact) mass is 669 g/mol. The van der Waals surface area contributed by atoms with E-state index in [1.165, 1.54) is 3.97 Å². The van der Waals surface area contributed by atoms with E-state index in [0.717, 1.165) is 55.2 Å². The van der Waals surface area contributed by atoms with Gasteiger partial charge in [0.2, 0.25) is 0 Å². The number of hydrogen-bond acceptors (Lipinski definition) is 5. The molecule has 9 aromatic rings. The van der Waals surface area contributed by atoms with E-state index in [2.05, 4.69) is 64.2 Å². The van der Waals surface area contributed by atoms with Crippen molar-refractivity contribution in [1.29, 1.82) is 0 Å². The minimum atomic E-state index is -3.91. The fourth-order valence-electron chi connectivity index (χ4n) is 7.02. The first-order valence-corrected chi connectivity index (χ1v) is 17.9. The molecule has 0 radical (unpaired) electrons. The van der Waals surface area contributed by atoms with Gasteiger partial charge in [0, 0.05) is 45.3 Å². The third-order valence-corrected chi connectivity index (χ3v) is 11.0. The largest absolute Gasteiger partial charge is 0.360 e. The van der Waals surface area contributed by atoms with Crippen LogP contribution in [-0.4, -0.2) is 26.9 Å². The summed E-state index contributed by atoms with van der Waals surface area (Å²) in [6.45, 7) is 0.784. The highest BCUT2D eigenvalue weighted by Crippen LogP contribution is 2.34. The minimum absolute atomic E-state index is 0.223. The molecule has 0 amide bonds. The Labute approximate surface area is 289 Å². The molecule has 50 heavy (non-hydrogen) atoms. The van der Waals surface area contributed by atoms with Crippen molar-refractivity contribution in [3.63, 3.8) is 0 Å². The third kappa shape index (κ3) is 5.00. The van der Waals surface area contributed by atoms with Crippen LogP contribution in [0.2, 0.25) is 0 Å². The molecule has 0 bridgehead atoms. The van der Waals surface area contributed by atoms with Crippen molar-refractivity contribution in [3.8, 4) is 5.69 Å². The molecular formula is C42H31N5O2S. The smallest absolute Gasteiger partial charge is 0.268 e. The first kappa shape index (κ1) is 29.9. The topological polar surface area (TPSA) is 73.0 Å². The van der Waals surface area contributed by atoms with E-state index in [1.807, 2.05) is 78.9 Å². The van der Waals surface area contributed by atoms with Crippen LogP contribution in [0, 0.1) is 0 Å². The second-order valence-electron chi connectivity index (χ2n) is 12.3. The number of anilines is 1. The number of nitrogens with zero attached hydrogens (tertiary/aromatic N) is 5. The average molecular weight is 670 g/mol. The lowest BCUT2D eigenvalue weighted by Crippen LogP contribution is -2.25. The molecule has 5 aromatic carbocycles. The van der Waals surface area contributed by atoms with Gasteiger partial charge in [-0.1, -0.05) is 91.0 Å². The molecule has 0 aliphatic carbocycles. The molecule has 0 atom stereocenters. The fraction of sp³-hybridized carbons (Fsp3) is 0.0476. The van der Waals surface area contributed by atoms with Crippen LogP contribution in [0.15, 0.2) is 169 Å². The van der Waals surface area contributed by atoms with E-state index >= 15 is 0 Å². The van der Waals surface area contributed by atoms with E-state index in [-0.39, 0.29) is 4.90 Å². The standard InChI is InChI=1S/C42H31N5O2S/c48-50(49,32-18-8-3-9-19-32)47-27-25-36-34-21-11-13-23-38(34)44-40(42(36)47)29-45(30-14-4-1-5-15-30)28-39-41-35(33-20-10-12-22-37(33)43-39)24-26-46(41)31-16-6-2-7-17-31/h1-27H,28-29H2. The van der Waals surface area contributed by atoms with Crippen LogP contribution in [0.4, 0.5) is 5.69 Å². The summed E-state index contributed by atoms with van der Waals surface area (Å²) in [4.78, 5) is 12.9. The molecule has 0 saturated carbocycles. The van der Waals surface area contributed by atoms with Gasteiger partial charge in [-0.25, -0.2) is 22.4 Å². The van der Waals surface area contributed by atoms with Crippen molar-refractivity contribution in [2.75, 3.05) is 4.90 Å². The van der Waals surface area contributed by atoms with E-state index in [9.17, 15) is 8.42 Å². The summed E-state index contributed by atoms with van der Waals surface area (Å²) >= 11 is 0. The highest BCUT2D eigenvalue weighted by molar-refractivity contribution is 7.90. The molecule has 8 heteroatoms. The summed E-state index contributed by atoms with van der Waals surface area (Å²) in [5.74, 6) is 0. The van der Waals surface area contributed by atoms with Crippen molar-refractivity contribution in [1.82, 2.24) is 18.5 Å². The normalized spacial score (nSPS) is 11.9. The predicted octanol–water partition coefficient (Wildman–Crippen LogP) is 9.13. The fourth-order valence-corrected chi connectivity index (χ4v) is 8.42. The maximum Gasteiger partial charge on any atom is 0.268 e. The van der Waals surface area contributed by atoms with Gasteiger partial charge >= 0.3 is 0 Å². The molecule has 7 nitrogen and oxygen atoms in total. The molecule has 0 unspecified atom stereocenters. The first-order valence-electron chi connectivity index (χ1n) is 16.5. The number of aromatic nitrogens is 4. The molecular weight excluding hydrogens is 639 g/mol. The van der Waals surface area contributed by atoms with Crippen LogP contribution in [-0.2, 0) is 23.1 Å². The van der Waals surface area contributed by atoms with E-state index in [1.54, 1.807) is 30.5 Å². The number of pyridine rings is 2. The van der Waals surface area contributed by atoms with Crippen LogP contribution >= 0.6 is 0 Å². The van der Waals surface area contributed by atoms with Crippen molar-refractivity contribution >= 4 is 59.3 Å². The Morgan fingerprint density at radius 1 is 0.500 bits per heavy atom. The quantitative estimate of drug-likeness (QED) is 0.161. The Morgan fingerprint density at radius 3 is 1.64 bits per heavy atom. The van der Waals surface area contributed by atoms with Gasteiger partial charge in [-0.15, -0.1) is 0 Å². The van der Waals surface area contributed by atoms with Crippen LogP contribution in [0.3, 0.4) is 0 Å². The Hall–Kier alpha value is -6.25. The highest BCUT2D eigenvalue weighted by atomic mass is 32.2. The molecule has 0 aliphatic rings. The zero-order chi connectivity index (χ0) is 33.7. The number of para-hydroxylation sites is 4. The summed E-state index contributed by atoms with van der Waals surface area (Å²) in [7, 11) is -3.91. The summed E-state index contributed by atoms with van der Waals surface area (Å²) < 4.78 is 31.9. The number of benzene rings is 5. The second kappa shape index (κ2) is 12.0. The number of rotatable bonds is 8. The minimum Gasteiger partial charge on any atom is -0.360 e. The maximum atomic E-state index is 14.2. The Morgan fingerprint density at radius 2 is 1.00 bits per heavy atom. The highest BCUT2D eigenvalue weighted by Gasteiger charge is 2.25. The molecule has 0 fully saturated rings. The summed E-state index contributed by atoms with van der Waals surface area (Å²) in [6, 6.07) is 49.3. The van der Waals surface area contributed by atoms with Crippen molar-refractivity contribution in [3.05, 3.63) is 175 Å². The van der Waals surface area contributed by atoms with Gasteiger partial charge in [-0.05, 0) is 60.7 Å². The van der Waals surface area contributed by atoms with Gasteiger partial charge in [0.05, 0.1) is 51.4 Å². The van der Waals surface area contributed by atoms with Crippen LogP contribution < -0.4 is 4.90 Å². The lowest BCUT2D eigenvalue weighted by atomic mass is 10.1. The van der Waals surface area contributed by atoms with Crippen LogP contribution in [0.25, 0.3) is 49.3 Å². The summed E-state index contributed by atoms with van der Waals surface area (Å²) in [6.07, 6.45) is 3.76. The third-order valence-electron chi connectivity index (χ3n) is 9.32. The second-order valence-corrected chi connectivity index (χ2v) is 14.1. The van der Waals surface area contributed by atoms with Crippen molar-refractivity contribution < 1.29 is 8.42 Å². The lowest BCUT2D eigenvalue weighted by Gasteiger charge is -2.26. The Bertz CT molecular complexity index is 2780. The van der Waals surface area contributed by atoms with Crippen molar-refractivity contribution in [2.24, 2.45) is 0 Å². The molecule has 0 spiro atoms. The summed E-state index contributed by atoms with van der Waals surface area (Å²) in [5, 5.41) is 3.95. The van der Waals surface area contributed by atoms with Crippen LogP contribution in [0.5, 0.6) is 0 Å². The van der Waals surface area contributed by atoms with E-state index in [0.29, 0.717) is 24.3 Å². The van der Waals surface area contributed by atoms with Gasteiger partial charge in [0.25, 0.3) is 10.0 Å². The molecule has 4 aromatic heterocycles. The SMILES string of the molecule is O=S(=O)(c1ccccc1)n1ccc2c3ccccc3nc(CN(Cc3nc4ccccc4c4ccn(-c5ccccc5)c34)c3ccccc3)c21. The van der Waals surface area contributed by atoms with Gasteiger partial charge in [-0.2, -0.15) is 0 Å². The zero-order valence-corrected chi connectivity index (χ0v) is 27.8. The molecule has 4 heterocycles. The zero-order valence-electron chi connectivity index (χ0n) is 27.0. The predicted molar refractivity (Wildman–Crippen MR) is 201 cm³/mol. The molecule has 9 rings (SSSR count). The van der Waals surface area contributed by atoms with Gasteiger partial charge in [0.1, 0.15) is 0 Å². The van der Waals surface area contributed by atoms with Gasteiger partial charge in [-0.3, -0.25) is 0 Å². The van der Waals surface area contributed by atoms with E-state index in [4.69, 9.17) is 9.97 Å². The molecule has 0 saturated heterocycles. The van der Waals surface area contributed by atoms with Gasteiger partial charge < -0.3 is 9.47 Å². The van der Waals surface area contributed by atoms with Crippen LogP contribution in [0.1, 0.15) is 11.4 Å². The van der Waals surface area contributed by atoms with Gasteiger partial charge in [0.15, 0.2) is 0 Å². The number of fused-ring (bicyclic) bond motifs is 6. The molecule has 0 N–H and O–H groups in total. The summed E-state index contributed by atoms with van der Waals surface area (Å²) in [5.41, 5.74) is 6.91. The Kier molecular flexibility index (Phi) is 7.17. The first-order chi connectivity index (χ1) is 24.6. The van der Waals surface area contributed by atoms with Crippen molar-refractivity contribution in [2.45, 2.75) is 18.0 Å².